The van der Waals surface area contributed by atoms with Crippen LogP contribution in [0, 0.1) is 0 Å². The number of aromatic carboxylic acids is 1. The maximum Gasteiger partial charge on any atom is 0.335 e. The van der Waals surface area contributed by atoms with Gasteiger partial charge in [-0.1, -0.05) is 108 Å². The molecule has 1 atom stereocenters. The molecule has 3 nitrogen and oxygen atoms in total. The van der Waals surface area contributed by atoms with Gasteiger partial charge in [0.25, 0.3) is 0 Å². The van der Waals surface area contributed by atoms with Gasteiger partial charge in [-0.3, -0.25) is 0 Å². The largest absolute Gasteiger partial charge is 0.491 e. The first-order valence-corrected chi connectivity index (χ1v) is 12.8. The summed E-state index contributed by atoms with van der Waals surface area (Å²) in [5, 5.41) is 8.99. The van der Waals surface area contributed by atoms with Gasteiger partial charge in [0.2, 0.25) is 0 Å². The van der Waals surface area contributed by atoms with Crippen molar-refractivity contribution in [2.45, 2.75) is 96.6 Å². The fourth-order valence-corrected chi connectivity index (χ4v) is 4.03. The Morgan fingerprint density at radius 2 is 1.21 bits per heavy atom. The number of unbranched alkanes of at least 4 members (excludes halogenated alkanes) is 11. The lowest BCUT2D eigenvalue weighted by molar-refractivity contribution is 0.0697. The summed E-state index contributed by atoms with van der Waals surface area (Å²) < 4.78 is 19.8. The van der Waals surface area contributed by atoms with Crippen LogP contribution in [0.25, 0.3) is 11.1 Å². The topological polar surface area (TPSA) is 46.5 Å². The maximum absolute atomic E-state index is 14.2. The van der Waals surface area contributed by atoms with Crippen LogP contribution in [-0.4, -0.2) is 23.9 Å². The molecule has 0 radical (unpaired) electrons. The van der Waals surface area contributed by atoms with Crippen LogP contribution in [0.4, 0.5) is 4.39 Å². The number of rotatable bonds is 18. The Hall–Kier alpha value is -2.36. The summed E-state index contributed by atoms with van der Waals surface area (Å²) >= 11 is 0. The first kappa shape index (κ1) is 26.9. The van der Waals surface area contributed by atoms with E-state index in [2.05, 4.69) is 6.92 Å². The van der Waals surface area contributed by atoms with Crippen molar-refractivity contribution >= 4 is 5.97 Å². The molecule has 0 spiro atoms. The minimum absolute atomic E-state index is 0.0880. The molecule has 0 aliphatic heterocycles. The zero-order chi connectivity index (χ0) is 23.7. The number of carbonyl (C=O) groups is 1. The molecule has 0 fully saturated rings. The Bertz CT molecular complexity index is 770. The maximum atomic E-state index is 14.2. The zero-order valence-electron chi connectivity index (χ0n) is 20.2. The van der Waals surface area contributed by atoms with Gasteiger partial charge in [0, 0.05) is 0 Å². The van der Waals surface area contributed by atoms with E-state index in [9.17, 15) is 9.18 Å². The second-order valence-electron chi connectivity index (χ2n) is 8.99. The van der Waals surface area contributed by atoms with E-state index < -0.39 is 12.1 Å². The van der Waals surface area contributed by atoms with Crippen LogP contribution in [0.5, 0.6) is 5.75 Å². The third kappa shape index (κ3) is 11.4. The minimum atomic E-state index is -0.936. The third-order valence-corrected chi connectivity index (χ3v) is 6.12. The summed E-state index contributed by atoms with van der Waals surface area (Å²) in [6, 6.07) is 14.2. The normalized spacial score (nSPS) is 11.9. The monoisotopic (exact) mass is 456 g/mol. The molecule has 0 saturated heterocycles. The average molecular weight is 457 g/mol. The van der Waals surface area contributed by atoms with E-state index in [1.807, 2.05) is 24.3 Å². The van der Waals surface area contributed by atoms with Crippen LogP contribution < -0.4 is 4.74 Å². The molecule has 0 saturated carbocycles. The first-order chi connectivity index (χ1) is 16.1. The lowest BCUT2D eigenvalue weighted by Gasteiger charge is -2.11. The van der Waals surface area contributed by atoms with E-state index in [0.717, 1.165) is 24.0 Å². The molecule has 0 heterocycles. The molecule has 2 aromatic rings. The Morgan fingerprint density at radius 1 is 0.758 bits per heavy atom. The molecular formula is C29H41FO3. The molecule has 1 N–H and O–H groups in total. The highest BCUT2D eigenvalue weighted by atomic mass is 19.1. The van der Waals surface area contributed by atoms with Gasteiger partial charge in [0.15, 0.2) is 0 Å². The molecule has 4 heteroatoms. The van der Waals surface area contributed by atoms with Gasteiger partial charge >= 0.3 is 5.97 Å². The number of alkyl halides is 1. The van der Waals surface area contributed by atoms with Crippen molar-refractivity contribution in [3.05, 3.63) is 54.1 Å². The molecular weight excluding hydrogens is 415 g/mol. The number of ether oxygens (including phenoxy) is 1. The summed E-state index contributed by atoms with van der Waals surface area (Å²) in [5.41, 5.74) is 2.16. The average Bonchev–Trinajstić information content (AvgIpc) is 2.84. The first-order valence-electron chi connectivity index (χ1n) is 12.8. The minimum Gasteiger partial charge on any atom is -0.491 e. The number of hydrogen-bond acceptors (Lipinski definition) is 2. The van der Waals surface area contributed by atoms with Crippen LogP contribution in [0.15, 0.2) is 48.5 Å². The van der Waals surface area contributed by atoms with Gasteiger partial charge in [0.05, 0.1) is 5.56 Å². The molecule has 33 heavy (non-hydrogen) atoms. The van der Waals surface area contributed by atoms with Gasteiger partial charge in [-0.05, 0) is 41.8 Å². The van der Waals surface area contributed by atoms with Gasteiger partial charge in [0.1, 0.15) is 18.5 Å². The fraction of sp³-hybridized carbons (Fsp3) is 0.552. The molecule has 0 aliphatic rings. The van der Waals surface area contributed by atoms with E-state index in [1.165, 1.54) is 64.2 Å². The lowest BCUT2D eigenvalue weighted by Crippen LogP contribution is -2.12. The summed E-state index contributed by atoms with van der Waals surface area (Å²) in [4.78, 5) is 11.0. The molecule has 0 bridgehead atoms. The van der Waals surface area contributed by atoms with Crippen molar-refractivity contribution in [1.82, 2.24) is 0 Å². The van der Waals surface area contributed by atoms with Crippen molar-refractivity contribution in [2.24, 2.45) is 0 Å². The number of carboxylic acids is 1. The second kappa shape index (κ2) is 16.3. The van der Waals surface area contributed by atoms with Crippen LogP contribution in [0.2, 0.25) is 0 Å². The predicted molar refractivity (Wildman–Crippen MR) is 135 cm³/mol. The lowest BCUT2D eigenvalue weighted by atomic mass is 10.0. The fourth-order valence-electron chi connectivity index (χ4n) is 4.03. The van der Waals surface area contributed by atoms with E-state index in [-0.39, 0.29) is 12.2 Å². The second-order valence-corrected chi connectivity index (χ2v) is 8.99. The Kier molecular flexibility index (Phi) is 13.3. The SMILES string of the molecule is CCCCCCCCCCCCCCC(F)COc1ccc(-c2ccc(C(=O)O)cc2)cc1. The quantitative estimate of drug-likeness (QED) is 0.228. The number of carboxylic acid groups (broad SMARTS) is 1. The van der Waals surface area contributed by atoms with Crippen LogP contribution in [0.3, 0.4) is 0 Å². The van der Waals surface area contributed by atoms with Crippen LogP contribution in [0.1, 0.15) is 101 Å². The summed E-state index contributed by atoms with van der Waals surface area (Å²) in [5.74, 6) is -0.284. The Balaban J connectivity index is 1.52. The Labute approximate surface area is 199 Å². The molecule has 2 aromatic carbocycles. The van der Waals surface area contributed by atoms with Crippen molar-refractivity contribution in [3.63, 3.8) is 0 Å². The van der Waals surface area contributed by atoms with Crippen molar-refractivity contribution < 1.29 is 19.0 Å². The number of hydrogen-bond donors (Lipinski definition) is 1. The third-order valence-electron chi connectivity index (χ3n) is 6.12. The smallest absolute Gasteiger partial charge is 0.335 e. The predicted octanol–water partition coefficient (Wildman–Crippen LogP) is 8.86. The van der Waals surface area contributed by atoms with E-state index in [1.54, 1.807) is 24.3 Å². The summed E-state index contributed by atoms with van der Waals surface area (Å²) in [6.45, 7) is 2.34. The van der Waals surface area contributed by atoms with Crippen LogP contribution >= 0.6 is 0 Å². The van der Waals surface area contributed by atoms with Gasteiger partial charge in [-0.25, -0.2) is 9.18 Å². The molecule has 1 unspecified atom stereocenters. The molecule has 0 aromatic heterocycles. The highest BCUT2D eigenvalue weighted by Gasteiger charge is 2.08. The molecule has 0 amide bonds. The van der Waals surface area contributed by atoms with E-state index >= 15 is 0 Å². The summed E-state index contributed by atoms with van der Waals surface area (Å²) in [6.07, 6.45) is 15.0. The number of halogens is 1. The van der Waals surface area contributed by atoms with Crippen molar-refractivity contribution in [3.8, 4) is 16.9 Å². The van der Waals surface area contributed by atoms with Crippen LogP contribution in [-0.2, 0) is 0 Å². The number of benzene rings is 2. The van der Waals surface area contributed by atoms with Crippen molar-refractivity contribution in [2.75, 3.05) is 6.61 Å². The van der Waals surface area contributed by atoms with Gasteiger partial charge in [-0.15, -0.1) is 0 Å². The van der Waals surface area contributed by atoms with E-state index in [0.29, 0.717) is 12.2 Å². The standard InChI is InChI=1S/C29H41FO3/c1-2-3-4-5-6-7-8-9-10-11-12-13-14-27(30)23-33-28-21-19-25(20-22-28)24-15-17-26(18-16-24)29(31)32/h15-22,27H,2-14,23H2,1H3,(H,31,32). The highest BCUT2D eigenvalue weighted by molar-refractivity contribution is 5.88. The van der Waals surface area contributed by atoms with Gasteiger partial charge < -0.3 is 9.84 Å². The highest BCUT2D eigenvalue weighted by Crippen LogP contribution is 2.23. The zero-order valence-corrected chi connectivity index (χ0v) is 20.2. The molecule has 2 rings (SSSR count). The molecule has 0 aliphatic carbocycles. The molecule has 182 valence electrons. The van der Waals surface area contributed by atoms with E-state index in [4.69, 9.17) is 9.84 Å². The van der Waals surface area contributed by atoms with Crippen molar-refractivity contribution in [1.29, 1.82) is 0 Å². The summed E-state index contributed by atoms with van der Waals surface area (Å²) in [7, 11) is 0. The van der Waals surface area contributed by atoms with Gasteiger partial charge in [-0.2, -0.15) is 0 Å². The Morgan fingerprint density at radius 3 is 1.70 bits per heavy atom.